The SMILES string of the molecule is CCCC(NC(=O)CN1CCCCC1=O)c1nccn1C. The third-order valence-electron chi connectivity index (χ3n) is 3.84. The van der Waals surface area contributed by atoms with E-state index in [9.17, 15) is 9.59 Å². The molecule has 1 aromatic heterocycles. The van der Waals surface area contributed by atoms with Gasteiger partial charge in [0.1, 0.15) is 5.82 Å². The van der Waals surface area contributed by atoms with Gasteiger partial charge >= 0.3 is 0 Å². The Morgan fingerprint density at radius 3 is 2.90 bits per heavy atom. The maximum Gasteiger partial charge on any atom is 0.240 e. The van der Waals surface area contributed by atoms with Crippen LogP contribution in [0.15, 0.2) is 12.4 Å². The van der Waals surface area contributed by atoms with Crippen molar-refractivity contribution in [1.82, 2.24) is 19.8 Å². The Morgan fingerprint density at radius 2 is 2.29 bits per heavy atom. The molecule has 1 unspecified atom stereocenters. The van der Waals surface area contributed by atoms with Crippen molar-refractivity contribution in [1.29, 1.82) is 0 Å². The summed E-state index contributed by atoms with van der Waals surface area (Å²) >= 11 is 0. The average Bonchev–Trinajstić information content (AvgIpc) is 2.87. The van der Waals surface area contributed by atoms with Gasteiger partial charge < -0.3 is 14.8 Å². The zero-order valence-corrected chi connectivity index (χ0v) is 12.8. The van der Waals surface area contributed by atoms with Gasteiger partial charge in [-0.15, -0.1) is 0 Å². The summed E-state index contributed by atoms with van der Waals surface area (Å²) in [4.78, 5) is 29.9. The Kier molecular flexibility index (Phi) is 5.36. The van der Waals surface area contributed by atoms with Gasteiger partial charge in [0.25, 0.3) is 0 Å². The second kappa shape index (κ2) is 7.24. The lowest BCUT2D eigenvalue weighted by Gasteiger charge is -2.27. The smallest absolute Gasteiger partial charge is 0.240 e. The first-order valence-corrected chi connectivity index (χ1v) is 7.66. The molecule has 1 atom stereocenters. The molecule has 116 valence electrons. The number of nitrogens with one attached hydrogen (secondary N) is 1. The Bertz CT molecular complexity index is 498. The number of carbonyl (C=O) groups excluding carboxylic acids is 2. The number of piperidine rings is 1. The maximum absolute atomic E-state index is 12.2. The zero-order chi connectivity index (χ0) is 15.2. The van der Waals surface area contributed by atoms with Gasteiger partial charge in [0.2, 0.25) is 11.8 Å². The summed E-state index contributed by atoms with van der Waals surface area (Å²) in [5.74, 6) is 0.835. The van der Waals surface area contributed by atoms with Gasteiger partial charge in [0.05, 0.1) is 12.6 Å². The predicted octanol–water partition coefficient (Wildman–Crippen LogP) is 1.39. The molecule has 1 aliphatic heterocycles. The number of likely N-dealkylation sites (tertiary alicyclic amines) is 1. The molecule has 1 aliphatic rings. The van der Waals surface area contributed by atoms with E-state index in [1.165, 1.54) is 0 Å². The minimum absolute atomic E-state index is 0.0837. The highest BCUT2D eigenvalue weighted by Crippen LogP contribution is 2.16. The van der Waals surface area contributed by atoms with Crippen LogP contribution in [0.5, 0.6) is 0 Å². The fourth-order valence-electron chi connectivity index (χ4n) is 2.71. The number of rotatable bonds is 6. The molecule has 21 heavy (non-hydrogen) atoms. The fourth-order valence-corrected chi connectivity index (χ4v) is 2.71. The lowest BCUT2D eigenvalue weighted by Crippen LogP contribution is -2.44. The van der Waals surface area contributed by atoms with E-state index in [1.54, 1.807) is 11.1 Å². The normalized spacial score (nSPS) is 16.9. The van der Waals surface area contributed by atoms with Crippen LogP contribution in [0.1, 0.15) is 50.9 Å². The molecule has 0 radical (unpaired) electrons. The molecule has 6 nitrogen and oxygen atoms in total. The van der Waals surface area contributed by atoms with Crippen LogP contribution in [-0.4, -0.2) is 39.4 Å². The van der Waals surface area contributed by atoms with Gasteiger partial charge in [0.15, 0.2) is 0 Å². The lowest BCUT2D eigenvalue weighted by molar-refractivity contribution is -0.138. The first kappa shape index (κ1) is 15.5. The summed E-state index contributed by atoms with van der Waals surface area (Å²) < 4.78 is 1.92. The Balaban J connectivity index is 1.95. The van der Waals surface area contributed by atoms with Crippen LogP contribution in [0.25, 0.3) is 0 Å². The molecule has 1 saturated heterocycles. The molecule has 1 N–H and O–H groups in total. The van der Waals surface area contributed by atoms with Crippen LogP contribution in [0.3, 0.4) is 0 Å². The van der Waals surface area contributed by atoms with E-state index >= 15 is 0 Å². The molecule has 0 bridgehead atoms. The molecule has 1 fully saturated rings. The highest BCUT2D eigenvalue weighted by molar-refractivity contribution is 5.85. The minimum Gasteiger partial charge on any atom is -0.345 e. The molecule has 0 aromatic carbocycles. The van der Waals surface area contributed by atoms with Gasteiger partial charge in [-0.2, -0.15) is 0 Å². The molecule has 2 rings (SSSR count). The van der Waals surface area contributed by atoms with Crippen LogP contribution in [0.4, 0.5) is 0 Å². The summed E-state index contributed by atoms with van der Waals surface area (Å²) in [5.41, 5.74) is 0. The fraction of sp³-hybridized carbons (Fsp3) is 0.667. The molecular formula is C15H24N4O2. The van der Waals surface area contributed by atoms with Gasteiger partial charge in [-0.25, -0.2) is 4.98 Å². The largest absolute Gasteiger partial charge is 0.345 e. The van der Waals surface area contributed by atoms with Gasteiger partial charge in [0, 0.05) is 32.4 Å². The predicted molar refractivity (Wildman–Crippen MR) is 79.4 cm³/mol. The van der Waals surface area contributed by atoms with E-state index < -0.39 is 0 Å². The topological polar surface area (TPSA) is 67.2 Å². The minimum atomic E-state index is -0.105. The summed E-state index contributed by atoms with van der Waals surface area (Å²) in [6.07, 6.45) is 7.88. The van der Waals surface area contributed by atoms with E-state index in [0.717, 1.165) is 31.5 Å². The van der Waals surface area contributed by atoms with E-state index in [1.807, 2.05) is 17.8 Å². The van der Waals surface area contributed by atoms with Crippen molar-refractivity contribution in [3.05, 3.63) is 18.2 Å². The number of amides is 2. The van der Waals surface area contributed by atoms with Gasteiger partial charge in [-0.1, -0.05) is 13.3 Å². The molecule has 6 heteroatoms. The average molecular weight is 292 g/mol. The van der Waals surface area contributed by atoms with E-state index in [4.69, 9.17) is 0 Å². The van der Waals surface area contributed by atoms with Crippen molar-refractivity contribution in [3.63, 3.8) is 0 Å². The van der Waals surface area contributed by atoms with Gasteiger partial charge in [-0.05, 0) is 19.3 Å². The monoisotopic (exact) mass is 292 g/mol. The Morgan fingerprint density at radius 1 is 1.48 bits per heavy atom. The van der Waals surface area contributed by atoms with Crippen LogP contribution in [-0.2, 0) is 16.6 Å². The summed E-state index contributed by atoms with van der Waals surface area (Å²) in [5, 5.41) is 3.01. The van der Waals surface area contributed by atoms with Crippen molar-refractivity contribution < 1.29 is 9.59 Å². The Labute approximate surface area is 125 Å². The first-order valence-electron chi connectivity index (χ1n) is 7.66. The van der Waals surface area contributed by atoms with Crippen molar-refractivity contribution >= 4 is 11.8 Å². The van der Waals surface area contributed by atoms with E-state index in [0.29, 0.717) is 13.0 Å². The molecule has 0 spiro atoms. The summed E-state index contributed by atoms with van der Waals surface area (Å²) in [6, 6.07) is -0.0950. The van der Waals surface area contributed by atoms with Crippen LogP contribution < -0.4 is 5.32 Å². The molecular weight excluding hydrogens is 268 g/mol. The van der Waals surface area contributed by atoms with Crippen molar-refractivity contribution in [2.24, 2.45) is 7.05 Å². The number of carbonyl (C=O) groups is 2. The van der Waals surface area contributed by atoms with Crippen molar-refractivity contribution in [2.75, 3.05) is 13.1 Å². The van der Waals surface area contributed by atoms with E-state index in [-0.39, 0.29) is 24.4 Å². The highest BCUT2D eigenvalue weighted by atomic mass is 16.2. The quantitative estimate of drug-likeness (QED) is 0.861. The molecule has 2 amide bonds. The van der Waals surface area contributed by atoms with Crippen LogP contribution in [0, 0.1) is 0 Å². The molecule has 0 aliphatic carbocycles. The number of aryl methyl sites for hydroxylation is 1. The Hall–Kier alpha value is -1.85. The number of nitrogens with zero attached hydrogens (tertiary/aromatic N) is 3. The zero-order valence-electron chi connectivity index (χ0n) is 12.8. The van der Waals surface area contributed by atoms with Crippen molar-refractivity contribution in [3.8, 4) is 0 Å². The van der Waals surface area contributed by atoms with Crippen LogP contribution in [0.2, 0.25) is 0 Å². The second-order valence-corrected chi connectivity index (χ2v) is 5.58. The number of hydrogen-bond donors (Lipinski definition) is 1. The number of aromatic nitrogens is 2. The molecule has 2 heterocycles. The second-order valence-electron chi connectivity index (χ2n) is 5.58. The third-order valence-corrected chi connectivity index (χ3v) is 3.84. The highest BCUT2D eigenvalue weighted by Gasteiger charge is 2.23. The number of hydrogen-bond acceptors (Lipinski definition) is 3. The standard InChI is InChI=1S/C15H24N4O2/c1-3-6-12(15-16-8-10-18(15)2)17-13(20)11-19-9-5-4-7-14(19)21/h8,10,12H,3-7,9,11H2,1-2H3,(H,17,20). The van der Waals surface area contributed by atoms with E-state index in [2.05, 4.69) is 17.2 Å². The number of imidazole rings is 1. The van der Waals surface area contributed by atoms with Crippen LogP contribution >= 0.6 is 0 Å². The first-order chi connectivity index (χ1) is 10.1. The maximum atomic E-state index is 12.2. The molecule has 0 saturated carbocycles. The summed E-state index contributed by atoms with van der Waals surface area (Å²) in [6.45, 7) is 2.92. The third kappa shape index (κ3) is 4.06. The lowest BCUT2D eigenvalue weighted by atomic mass is 10.1. The van der Waals surface area contributed by atoms with Gasteiger partial charge in [-0.3, -0.25) is 9.59 Å². The van der Waals surface area contributed by atoms with Crippen molar-refractivity contribution in [2.45, 2.75) is 45.1 Å². The molecule has 1 aromatic rings. The summed E-state index contributed by atoms with van der Waals surface area (Å²) in [7, 11) is 1.92.